The molecule has 1 N–H and O–H groups in total. The van der Waals surface area contributed by atoms with Crippen molar-refractivity contribution in [2.24, 2.45) is 0 Å². The van der Waals surface area contributed by atoms with E-state index in [1.807, 2.05) is 0 Å². The Kier molecular flexibility index (Phi) is 3.49. The molecule has 5 heteroatoms. The van der Waals surface area contributed by atoms with Gasteiger partial charge in [0.05, 0.1) is 0 Å². The normalized spacial score (nSPS) is 21.4. The summed E-state index contributed by atoms with van der Waals surface area (Å²) >= 11 is 0. The second-order valence-corrected chi connectivity index (χ2v) is 6.39. The van der Waals surface area contributed by atoms with Gasteiger partial charge in [0.15, 0.2) is 9.84 Å². The molecule has 1 unspecified atom stereocenters. The molecule has 0 aliphatic carbocycles. The van der Waals surface area contributed by atoms with Gasteiger partial charge in [0, 0.05) is 12.3 Å². The van der Waals surface area contributed by atoms with Crippen LogP contribution in [-0.2, 0) is 9.84 Å². The molecule has 1 aromatic rings. The zero-order valence-electron chi connectivity index (χ0n) is 9.74. The van der Waals surface area contributed by atoms with Crippen molar-refractivity contribution in [3.63, 3.8) is 0 Å². The molecule has 1 heterocycles. The lowest BCUT2D eigenvalue weighted by Crippen LogP contribution is -2.28. The van der Waals surface area contributed by atoms with Crippen molar-refractivity contribution in [3.05, 3.63) is 29.6 Å². The van der Waals surface area contributed by atoms with E-state index in [2.05, 4.69) is 5.32 Å². The zero-order valence-corrected chi connectivity index (χ0v) is 10.6. The van der Waals surface area contributed by atoms with Crippen molar-refractivity contribution in [1.82, 2.24) is 5.32 Å². The van der Waals surface area contributed by atoms with Crippen LogP contribution in [0.15, 0.2) is 23.1 Å². The number of halogens is 1. The first-order valence-electron chi connectivity index (χ1n) is 5.72. The van der Waals surface area contributed by atoms with Crippen molar-refractivity contribution in [2.45, 2.75) is 30.2 Å². The fourth-order valence-electron chi connectivity index (χ4n) is 2.31. The van der Waals surface area contributed by atoms with Crippen LogP contribution < -0.4 is 5.32 Å². The lowest BCUT2D eigenvalue weighted by molar-refractivity contribution is 0.404. The van der Waals surface area contributed by atoms with Gasteiger partial charge in [0.2, 0.25) is 0 Å². The number of nitrogens with one attached hydrogen (secondary N) is 1. The van der Waals surface area contributed by atoms with Crippen LogP contribution in [0.3, 0.4) is 0 Å². The second-order valence-electron chi connectivity index (χ2n) is 4.43. The van der Waals surface area contributed by atoms with E-state index >= 15 is 0 Å². The van der Waals surface area contributed by atoms with E-state index in [9.17, 15) is 12.8 Å². The Morgan fingerprint density at radius 2 is 2.12 bits per heavy atom. The van der Waals surface area contributed by atoms with Gasteiger partial charge in [-0.15, -0.1) is 0 Å². The molecule has 1 atom stereocenters. The third-order valence-electron chi connectivity index (χ3n) is 3.05. The first kappa shape index (κ1) is 12.5. The first-order valence-corrected chi connectivity index (χ1v) is 7.61. The molecule has 1 aromatic carbocycles. The van der Waals surface area contributed by atoms with E-state index in [-0.39, 0.29) is 10.9 Å². The van der Waals surface area contributed by atoms with Gasteiger partial charge in [-0.3, -0.25) is 0 Å². The van der Waals surface area contributed by atoms with E-state index in [0.717, 1.165) is 32.1 Å². The third-order valence-corrected chi connectivity index (χ3v) is 4.23. The van der Waals surface area contributed by atoms with Crippen LogP contribution in [0.4, 0.5) is 4.39 Å². The van der Waals surface area contributed by atoms with Crippen LogP contribution in [0.5, 0.6) is 0 Å². The highest BCUT2D eigenvalue weighted by Crippen LogP contribution is 2.30. The van der Waals surface area contributed by atoms with Crippen LogP contribution in [0.1, 0.15) is 30.9 Å². The minimum Gasteiger partial charge on any atom is -0.310 e. The summed E-state index contributed by atoms with van der Waals surface area (Å²) in [4.78, 5) is -0.153. The van der Waals surface area contributed by atoms with Gasteiger partial charge < -0.3 is 5.32 Å². The highest BCUT2D eigenvalue weighted by molar-refractivity contribution is 7.90. The smallest absolute Gasteiger partial charge is 0.178 e. The van der Waals surface area contributed by atoms with Crippen LogP contribution in [0, 0.1) is 5.82 Å². The number of hydrogen-bond donors (Lipinski definition) is 1. The summed E-state index contributed by atoms with van der Waals surface area (Å²) in [5.74, 6) is -0.655. The summed E-state index contributed by atoms with van der Waals surface area (Å²) in [6.07, 6.45) is 4.03. The molecule has 0 amide bonds. The second kappa shape index (κ2) is 4.74. The molecule has 0 aromatic heterocycles. The van der Waals surface area contributed by atoms with Crippen LogP contribution in [-0.4, -0.2) is 21.2 Å². The molecule has 1 saturated heterocycles. The van der Waals surface area contributed by atoms with Crippen LogP contribution in [0.2, 0.25) is 0 Å². The maximum atomic E-state index is 13.7. The summed E-state index contributed by atoms with van der Waals surface area (Å²) in [5, 5.41) is 3.24. The zero-order chi connectivity index (χ0) is 12.5. The average molecular weight is 257 g/mol. The van der Waals surface area contributed by atoms with Crippen molar-refractivity contribution in [2.75, 3.05) is 12.8 Å². The van der Waals surface area contributed by atoms with Crippen molar-refractivity contribution in [1.29, 1.82) is 0 Å². The molecular weight excluding hydrogens is 241 g/mol. The summed E-state index contributed by atoms with van der Waals surface area (Å²) in [5.41, 5.74) is 0.562. The lowest BCUT2D eigenvalue weighted by atomic mass is 9.97. The molecule has 0 saturated carbocycles. The van der Waals surface area contributed by atoms with E-state index < -0.39 is 15.7 Å². The predicted molar refractivity (Wildman–Crippen MR) is 64.1 cm³/mol. The van der Waals surface area contributed by atoms with Gasteiger partial charge in [0.25, 0.3) is 0 Å². The average Bonchev–Trinajstić information content (AvgIpc) is 2.28. The van der Waals surface area contributed by atoms with E-state index in [1.54, 1.807) is 12.1 Å². The van der Waals surface area contributed by atoms with Crippen molar-refractivity contribution in [3.8, 4) is 0 Å². The number of rotatable bonds is 2. The van der Waals surface area contributed by atoms with Crippen molar-refractivity contribution >= 4 is 9.84 Å². The highest BCUT2D eigenvalue weighted by atomic mass is 32.2. The summed E-state index contributed by atoms with van der Waals surface area (Å²) < 4.78 is 37.0. The fourth-order valence-corrected chi connectivity index (χ4v) is 3.37. The monoisotopic (exact) mass is 257 g/mol. The first-order chi connectivity index (χ1) is 8.00. The number of hydrogen-bond acceptors (Lipinski definition) is 3. The molecular formula is C12H16FNO2S. The minimum atomic E-state index is -3.53. The molecule has 0 spiro atoms. The Morgan fingerprint density at radius 1 is 1.35 bits per heavy atom. The summed E-state index contributed by atoms with van der Waals surface area (Å²) in [7, 11) is -3.53. The van der Waals surface area contributed by atoms with Gasteiger partial charge in [-0.2, -0.15) is 0 Å². The van der Waals surface area contributed by atoms with Gasteiger partial charge in [-0.05, 0) is 31.0 Å². The molecule has 1 aliphatic rings. The summed E-state index contributed by atoms with van der Waals surface area (Å²) in [6, 6.07) is 4.41. The third kappa shape index (κ3) is 2.66. The van der Waals surface area contributed by atoms with E-state index in [0.29, 0.717) is 5.56 Å². The standard InChI is InChI=1S/C12H16FNO2S/c1-17(15,16)12-9(5-4-6-10(12)13)11-7-2-3-8-14-11/h4-6,11,14H,2-3,7-8H2,1H3. The largest absolute Gasteiger partial charge is 0.310 e. The number of benzene rings is 1. The molecule has 1 fully saturated rings. The topological polar surface area (TPSA) is 46.2 Å². The Labute approximate surface area is 101 Å². The SMILES string of the molecule is CS(=O)(=O)c1c(F)cccc1C1CCCCN1. The highest BCUT2D eigenvalue weighted by Gasteiger charge is 2.24. The van der Waals surface area contributed by atoms with Gasteiger partial charge in [0.1, 0.15) is 10.7 Å². The number of piperidine rings is 1. The van der Waals surface area contributed by atoms with Crippen LogP contribution in [0.25, 0.3) is 0 Å². The molecule has 0 radical (unpaired) electrons. The maximum Gasteiger partial charge on any atom is 0.178 e. The molecule has 1 aliphatic heterocycles. The molecule has 94 valence electrons. The van der Waals surface area contributed by atoms with Gasteiger partial charge in [-0.25, -0.2) is 12.8 Å². The Morgan fingerprint density at radius 3 is 2.71 bits per heavy atom. The summed E-state index contributed by atoms with van der Waals surface area (Å²) in [6.45, 7) is 0.852. The lowest BCUT2D eigenvalue weighted by Gasteiger charge is -2.25. The Balaban J connectivity index is 2.49. The number of sulfone groups is 1. The molecule has 17 heavy (non-hydrogen) atoms. The van der Waals surface area contributed by atoms with E-state index in [4.69, 9.17) is 0 Å². The van der Waals surface area contributed by atoms with E-state index in [1.165, 1.54) is 6.07 Å². The Bertz CT molecular complexity index is 507. The maximum absolute atomic E-state index is 13.7. The fraction of sp³-hybridized carbons (Fsp3) is 0.500. The molecule has 0 bridgehead atoms. The minimum absolute atomic E-state index is 0.0517. The van der Waals surface area contributed by atoms with Crippen LogP contribution >= 0.6 is 0 Å². The van der Waals surface area contributed by atoms with Gasteiger partial charge >= 0.3 is 0 Å². The quantitative estimate of drug-likeness (QED) is 0.882. The predicted octanol–water partition coefficient (Wildman–Crippen LogP) is 2.04. The Hall–Kier alpha value is -0.940. The molecule has 3 nitrogen and oxygen atoms in total. The van der Waals surface area contributed by atoms with Crippen molar-refractivity contribution < 1.29 is 12.8 Å². The molecule has 2 rings (SSSR count). The van der Waals surface area contributed by atoms with Gasteiger partial charge in [-0.1, -0.05) is 18.6 Å².